The highest BCUT2D eigenvalue weighted by atomic mass is 32.2. The molecule has 0 spiro atoms. The van der Waals surface area contributed by atoms with Crippen LogP contribution in [0, 0.1) is 6.92 Å². The molecule has 3 aromatic rings. The van der Waals surface area contributed by atoms with E-state index in [0.717, 1.165) is 23.7 Å². The normalized spacial score (nSPS) is 12.2. The van der Waals surface area contributed by atoms with Gasteiger partial charge in [-0.05, 0) is 62.1 Å². The van der Waals surface area contributed by atoms with Gasteiger partial charge < -0.3 is 10.1 Å². The molecular weight excluding hydrogens is 342 g/mol. The van der Waals surface area contributed by atoms with E-state index in [1.807, 2.05) is 35.1 Å². The molecule has 1 unspecified atom stereocenters. The lowest BCUT2D eigenvalue weighted by Gasteiger charge is -2.14. The van der Waals surface area contributed by atoms with Crippen LogP contribution in [0.1, 0.15) is 29.8 Å². The zero-order chi connectivity index (χ0) is 18.5. The summed E-state index contributed by atoms with van der Waals surface area (Å²) in [6.07, 6.45) is 4.06. The summed E-state index contributed by atoms with van der Waals surface area (Å²) in [5.74, 6) is 0.848. The summed E-state index contributed by atoms with van der Waals surface area (Å²) >= 11 is 1.77. The number of nitrogens with zero attached hydrogens (tertiary/aromatic N) is 2. The molecule has 1 aromatic heterocycles. The average Bonchev–Trinajstić information content (AvgIpc) is 3.07. The third kappa shape index (κ3) is 4.11. The molecule has 0 radical (unpaired) electrons. The van der Waals surface area contributed by atoms with Gasteiger partial charge in [-0.2, -0.15) is 5.10 Å². The molecule has 136 valence electrons. The Hall–Kier alpha value is -2.24. The van der Waals surface area contributed by atoms with Crippen LogP contribution in [0.2, 0.25) is 0 Å². The fourth-order valence-corrected chi connectivity index (χ4v) is 3.48. The zero-order valence-corrected chi connectivity index (χ0v) is 16.5. The molecule has 0 saturated heterocycles. The number of rotatable bonds is 7. The molecule has 0 bridgehead atoms. The number of ether oxygens (including phenoxy) is 1. The Morgan fingerprint density at radius 3 is 2.65 bits per heavy atom. The summed E-state index contributed by atoms with van der Waals surface area (Å²) in [5.41, 5.74) is 4.69. The van der Waals surface area contributed by atoms with Gasteiger partial charge in [0, 0.05) is 28.7 Å². The number of aromatic nitrogens is 2. The quantitative estimate of drug-likeness (QED) is 0.611. The number of hydrogen-bond donors (Lipinski definition) is 1. The summed E-state index contributed by atoms with van der Waals surface area (Å²) < 4.78 is 7.20. The van der Waals surface area contributed by atoms with Gasteiger partial charge in [0.05, 0.1) is 19.0 Å². The predicted molar refractivity (Wildman–Crippen MR) is 108 cm³/mol. The lowest BCUT2D eigenvalue weighted by Crippen LogP contribution is -2.18. The summed E-state index contributed by atoms with van der Waals surface area (Å²) in [7, 11) is 1.68. The second kappa shape index (κ2) is 8.43. The highest BCUT2D eigenvalue weighted by Gasteiger charge is 2.14. The number of benzene rings is 2. The standard InChI is InChI=1S/C21H25N3OS/c1-15(22-13-17-6-5-7-20(12-17)26-4)21-14-23-24(16(21)2)18-8-10-19(25-3)11-9-18/h5-12,14-15,22H,13H2,1-4H3. The minimum atomic E-state index is 0.222. The molecule has 2 aromatic carbocycles. The molecule has 3 rings (SSSR count). The van der Waals surface area contributed by atoms with Crippen molar-refractivity contribution < 1.29 is 4.74 Å². The summed E-state index contributed by atoms with van der Waals surface area (Å²) in [6.45, 7) is 5.13. The molecule has 0 aliphatic carbocycles. The van der Waals surface area contributed by atoms with Gasteiger partial charge in [-0.25, -0.2) is 4.68 Å². The minimum absolute atomic E-state index is 0.222. The average molecular weight is 368 g/mol. The number of nitrogens with one attached hydrogen (secondary N) is 1. The molecule has 26 heavy (non-hydrogen) atoms. The number of thioether (sulfide) groups is 1. The molecule has 0 aliphatic heterocycles. The number of hydrogen-bond acceptors (Lipinski definition) is 4. The Kier molecular flexibility index (Phi) is 6.01. The number of methoxy groups -OCH3 is 1. The van der Waals surface area contributed by atoms with E-state index in [2.05, 4.69) is 54.8 Å². The van der Waals surface area contributed by atoms with Crippen molar-refractivity contribution in [1.82, 2.24) is 15.1 Å². The molecule has 0 amide bonds. The Morgan fingerprint density at radius 1 is 1.19 bits per heavy atom. The topological polar surface area (TPSA) is 39.1 Å². The van der Waals surface area contributed by atoms with Crippen LogP contribution in [0.3, 0.4) is 0 Å². The van der Waals surface area contributed by atoms with Crippen molar-refractivity contribution in [1.29, 1.82) is 0 Å². The zero-order valence-electron chi connectivity index (χ0n) is 15.7. The van der Waals surface area contributed by atoms with Crippen LogP contribution in [-0.2, 0) is 6.54 Å². The third-order valence-electron chi connectivity index (χ3n) is 4.58. The monoisotopic (exact) mass is 367 g/mol. The lowest BCUT2D eigenvalue weighted by molar-refractivity contribution is 0.414. The Morgan fingerprint density at radius 2 is 1.96 bits per heavy atom. The lowest BCUT2D eigenvalue weighted by atomic mass is 10.1. The highest BCUT2D eigenvalue weighted by molar-refractivity contribution is 7.98. The van der Waals surface area contributed by atoms with Crippen molar-refractivity contribution in [3.05, 3.63) is 71.5 Å². The van der Waals surface area contributed by atoms with Crippen molar-refractivity contribution in [3.63, 3.8) is 0 Å². The second-order valence-corrected chi connectivity index (χ2v) is 7.13. The van der Waals surface area contributed by atoms with Crippen molar-refractivity contribution in [2.45, 2.75) is 31.3 Å². The van der Waals surface area contributed by atoms with Gasteiger partial charge in [0.25, 0.3) is 0 Å². The molecule has 5 heteroatoms. The first-order valence-electron chi connectivity index (χ1n) is 8.67. The van der Waals surface area contributed by atoms with Crippen LogP contribution in [0.5, 0.6) is 5.75 Å². The van der Waals surface area contributed by atoms with Gasteiger partial charge >= 0.3 is 0 Å². The highest BCUT2D eigenvalue weighted by Crippen LogP contribution is 2.22. The minimum Gasteiger partial charge on any atom is -0.497 e. The van der Waals surface area contributed by atoms with E-state index in [-0.39, 0.29) is 6.04 Å². The molecule has 1 atom stereocenters. The fourth-order valence-electron chi connectivity index (χ4n) is 2.99. The first-order valence-corrected chi connectivity index (χ1v) is 9.90. The van der Waals surface area contributed by atoms with Gasteiger partial charge in [0.1, 0.15) is 5.75 Å². The van der Waals surface area contributed by atoms with Crippen molar-refractivity contribution in [3.8, 4) is 11.4 Å². The first-order chi connectivity index (χ1) is 12.6. The molecule has 1 N–H and O–H groups in total. The van der Waals surface area contributed by atoms with Crippen molar-refractivity contribution in [2.75, 3.05) is 13.4 Å². The predicted octanol–water partition coefficient (Wildman–Crippen LogP) is 4.76. The SMILES string of the molecule is COc1ccc(-n2ncc(C(C)NCc3cccc(SC)c3)c2C)cc1. The Balaban J connectivity index is 1.71. The van der Waals surface area contributed by atoms with Crippen molar-refractivity contribution in [2.24, 2.45) is 0 Å². The fraction of sp³-hybridized carbons (Fsp3) is 0.286. The molecule has 4 nitrogen and oxygen atoms in total. The van der Waals surface area contributed by atoms with E-state index in [1.165, 1.54) is 16.0 Å². The maximum absolute atomic E-state index is 5.23. The molecular formula is C21H25N3OS. The van der Waals surface area contributed by atoms with E-state index >= 15 is 0 Å². The van der Waals surface area contributed by atoms with Crippen LogP contribution in [0.15, 0.2) is 59.6 Å². The molecule has 0 saturated carbocycles. The second-order valence-electron chi connectivity index (χ2n) is 6.25. The van der Waals surface area contributed by atoms with Crippen LogP contribution < -0.4 is 10.1 Å². The van der Waals surface area contributed by atoms with Crippen LogP contribution >= 0.6 is 11.8 Å². The summed E-state index contributed by atoms with van der Waals surface area (Å²) in [6, 6.07) is 16.8. The molecule has 0 aliphatic rings. The van der Waals surface area contributed by atoms with E-state index in [0.29, 0.717) is 0 Å². The Labute approximate surface area is 159 Å². The van der Waals surface area contributed by atoms with E-state index < -0.39 is 0 Å². The van der Waals surface area contributed by atoms with E-state index in [9.17, 15) is 0 Å². The maximum atomic E-state index is 5.23. The van der Waals surface area contributed by atoms with Crippen LogP contribution in [0.4, 0.5) is 0 Å². The molecule has 0 fully saturated rings. The van der Waals surface area contributed by atoms with Gasteiger partial charge in [-0.15, -0.1) is 11.8 Å². The van der Waals surface area contributed by atoms with Crippen molar-refractivity contribution >= 4 is 11.8 Å². The van der Waals surface area contributed by atoms with Gasteiger partial charge in [0.15, 0.2) is 0 Å². The maximum Gasteiger partial charge on any atom is 0.119 e. The van der Waals surface area contributed by atoms with Crippen LogP contribution in [0.25, 0.3) is 5.69 Å². The smallest absolute Gasteiger partial charge is 0.119 e. The van der Waals surface area contributed by atoms with E-state index in [1.54, 1.807) is 18.9 Å². The third-order valence-corrected chi connectivity index (χ3v) is 5.30. The van der Waals surface area contributed by atoms with Gasteiger partial charge in [-0.3, -0.25) is 0 Å². The molecule has 1 heterocycles. The first kappa shape index (κ1) is 18.5. The Bertz CT molecular complexity index is 858. The largest absolute Gasteiger partial charge is 0.497 e. The van der Waals surface area contributed by atoms with Gasteiger partial charge in [0.2, 0.25) is 0 Å². The van der Waals surface area contributed by atoms with E-state index in [4.69, 9.17) is 4.74 Å². The van der Waals surface area contributed by atoms with Crippen LogP contribution in [-0.4, -0.2) is 23.1 Å². The summed E-state index contributed by atoms with van der Waals surface area (Å²) in [5, 5.41) is 8.19. The summed E-state index contributed by atoms with van der Waals surface area (Å²) in [4.78, 5) is 1.29. The van der Waals surface area contributed by atoms with Gasteiger partial charge in [-0.1, -0.05) is 12.1 Å².